The fraction of sp³-hybridized carbons (Fsp3) is 0.0870. The molecule has 4 rings (SSSR count). The third-order valence-corrected chi connectivity index (χ3v) is 5.17. The molecule has 0 N–H and O–H groups in total. The van der Waals surface area contributed by atoms with Crippen LogP contribution in [0.2, 0.25) is 10.0 Å². The minimum absolute atomic E-state index is 0.139. The molecule has 0 radical (unpaired) electrons. The first-order valence-electron chi connectivity index (χ1n) is 8.82. The molecule has 0 atom stereocenters. The molecule has 0 fully saturated rings. The van der Waals surface area contributed by atoms with Crippen molar-refractivity contribution in [2.75, 3.05) is 0 Å². The largest absolute Gasteiger partial charge is 0.489 e. The van der Waals surface area contributed by atoms with Crippen LogP contribution in [0.1, 0.15) is 27.0 Å². The van der Waals surface area contributed by atoms with Crippen molar-refractivity contribution >= 4 is 35.1 Å². The van der Waals surface area contributed by atoms with E-state index >= 15 is 0 Å². The van der Waals surface area contributed by atoms with Crippen LogP contribution in [0, 0.1) is 12.7 Å². The Hall–Kier alpha value is -2.82. The summed E-state index contributed by atoms with van der Waals surface area (Å²) in [6, 6.07) is 14.7. The van der Waals surface area contributed by atoms with Gasteiger partial charge >= 0.3 is 0 Å². The van der Waals surface area contributed by atoms with Crippen LogP contribution in [-0.2, 0) is 6.61 Å². The predicted octanol–water partition coefficient (Wildman–Crippen LogP) is 6.64. The van der Waals surface area contributed by atoms with Crippen LogP contribution in [-0.4, -0.2) is 5.78 Å². The molecule has 0 saturated carbocycles. The SMILES string of the molecule is Cc1cc(OCc2cccc(F)c2)cc2c1C(=O)/C(=C/c1c(Cl)cccc1Cl)O2. The van der Waals surface area contributed by atoms with Gasteiger partial charge in [-0.1, -0.05) is 41.4 Å². The Balaban J connectivity index is 1.60. The van der Waals surface area contributed by atoms with Crippen molar-refractivity contribution in [3.8, 4) is 11.5 Å². The summed E-state index contributed by atoms with van der Waals surface area (Å²) < 4.78 is 24.9. The number of aryl methyl sites for hydroxylation is 1. The summed E-state index contributed by atoms with van der Waals surface area (Å²) in [5.41, 5.74) is 2.41. The van der Waals surface area contributed by atoms with E-state index in [-0.39, 0.29) is 24.0 Å². The highest BCUT2D eigenvalue weighted by Gasteiger charge is 2.30. The van der Waals surface area contributed by atoms with Gasteiger partial charge in [0.2, 0.25) is 5.78 Å². The van der Waals surface area contributed by atoms with E-state index in [1.54, 1.807) is 55.5 Å². The van der Waals surface area contributed by atoms with E-state index < -0.39 is 0 Å². The van der Waals surface area contributed by atoms with Gasteiger partial charge in [0.05, 0.1) is 5.56 Å². The number of benzene rings is 3. The highest BCUT2D eigenvalue weighted by atomic mass is 35.5. The van der Waals surface area contributed by atoms with Crippen molar-refractivity contribution in [3.63, 3.8) is 0 Å². The second-order valence-corrected chi connectivity index (χ2v) is 7.42. The van der Waals surface area contributed by atoms with Crippen molar-refractivity contribution in [2.24, 2.45) is 0 Å². The number of fused-ring (bicyclic) bond motifs is 1. The van der Waals surface area contributed by atoms with Gasteiger partial charge in [-0.3, -0.25) is 4.79 Å². The van der Waals surface area contributed by atoms with E-state index in [2.05, 4.69) is 0 Å². The number of hydrogen-bond acceptors (Lipinski definition) is 3. The quantitative estimate of drug-likeness (QED) is 0.437. The van der Waals surface area contributed by atoms with E-state index in [1.807, 2.05) is 0 Å². The summed E-state index contributed by atoms with van der Waals surface area (Å²) in [6.07, 6.45) is 1.54. The van der Waals surface area contributed by atoms with Gasteiger partial charge in [0.1, 0.15) is 23.9 Å². The Morgan fingerprint density at radius 2 is 1.79 bits per heavy atom. The number of Topliss-reactive ketones (excluding diaryl/α,β-unsaturated/α-hetero) is 1. The van der Waals surface area contributed by atoms with Crippen molar-refractivity contribution in [1.29, 1.82) is 0 Å². The van der Waals surface area contributed by atoms with Gasteiger partial charge in [0, 0.05) is 21.7 Å². The van der Waals surface area contributed by atoms with Crippen molar-refractivity contribution < 1.29 is 18.7 Å². The molecule has 1 heterocycles. The Bertz CT molecular complexity index is 1130. The van der Waals surface area contributed by atoms with E-state index in [1.165, 1.54) is 12.1 Å². The Morgan fingerprint density at radius 3 is 2.52 bits per heavy atom. The topological polar surface area (TPSA) is 35.5 Å². The van der Waals surface area contributed by atoms with Crippen LogP contribution in [0.25, 0.3) is 6.08 Å². The summed E-state index contributed by atoms with van der Waals surface area (Å²) in [5.74, 6) is 0.498. The number of allylic oxidation sites excluding steroid dienone is 1. The molecular formula is C23H15Cl2FO3. The summed E-state index contributed by atoms with van der Waals surface area (Å²) in [6.45, 7) is 2.00. The van der Waals surface area contributed by atoms with Crippen LogP contribution >= 0.6 is 23.2 Å². The number of halogens is 3. The molecule has 0 aromatic heterocycles. The van der Waals surface area contributed by atoms with E-state index in [0.717, 1.165) is 5.56 Å². The molecule has 0 saturated heterocycles. The van der Waals surface area contributed by atoms with Crippen LogP contribution in [0.3, 0.4) is 0 Å². The standard InChI is InChI=1S/C23H15Cl2FO3/c1-13-8-16(28-12-14-4-2-5-15(26)9-14)10-20-22(13)23(27)21(29-20)11-17-18(24)6-3-7-19(17)25/h2-11H,12H2,1H3/b21-11-. The van der Waals surface area contributed by atoms with Crippen LogP contribution in [0.15, 0.2) is 60.4 Å². The smallest absolute Gasteiger partial charge is 0.232 e. The number of carbonyl (C=O) groups is 1. The first kappa shape index (κ1) is 19.5. The summed E-state index contributed by atoms with van der Waals surface area (Å²) in [7, 11) is 0. The number of ether oxygens (including phenoxy) is 2. The van der Waals surface area contributed by atoms with Gasteiger partial charge in [-0.15, -0.1) is 0 Å². The van der Waals surface area contributed by atoms with Crippen LogP contribution < -0.4 is 9.47 Å². The Labute approximate surface area is 177 Å². The van der Waals surface area contributed by atoms with Gasteiger partial charge in [-0.25, -0.2) is 4.39 Å². The average Bonchev–Trinajstić information content (AvgIpc) is 2.99. The minimum Gasteiger partial charge on any atom is -0.489 e. The number of ketones is 1. The van der Waals surface area contributed by atoms with Crippen LogP contribution in [0.4, 0.5) is 4.39 Å². The minimum atomic E-state index is -0.321. The molecule has 3 aromatic carbocycles. The van der Waals surface area contributed by atoms with Gasteiger partial charge in [0.25, 0.3) is 0 Å². The summed E-state index contributed by atoms with van der Waals surface area (Å²) in [4.78, 5) is 12.8. The zero-order valence-corrected chi connectivity index (χ0v) is 16.9. The third-order valence-electron chi connectivity index (χ3n) is 4.51. The van der Waals surface area contributed by atoms with Crippen molar-refractivity contribution in [1.82, 2.24) is 0 Å². The summed E-state index contributed by atoms with van der Waals surface area (Å²) in [5, 5.41) is 0.849. The maximum atomic E-state index is 13.3. The molecule has 1 aliphatic rings. The first-order chi connectivity index (χ1) is 13.9. The molecule has 6 heteroatoms. The lowest BCUT2D eigenvalue weighted by molar-refractivity contribution is 0.101. The third kappa shape index (κ3) is 4.00. The Kier molecular flexibility index (Phi) is 5.31. The molecule has 1 aliphatic heterocycles. The van der Waals surface area contributed by atoms with Gasteiger partial charge in [-0.05, 0) is 54.5 Å². The van der Waals surface area contributed by atoms with Gasteiger partial charge in [0.15, 0.2) is 5.76 Å². The molecule has 0 aliphatic carbocycles. The maximum absolute atomic E-state index is 13.3. The van der Waals surface area contributed by atoms with Gasteiger partial charge in [-0.2, -0.15) is 0 Å². The molecule has 3 aromatic rings. The van der Waals surface area contributed by atoms with E-state index in [4.69, 9.17) is 32.7 Å². The molecular weight excluding hydrogens is 414 g/mol. The van der Waals surface area contributed by atoms with Gasteiger partial charge < -0.3 is 9.47 Å². The van der Waals surface area contributed by atoms with Crippen molar-refractivity contribution in [2.45, 2.75) is 13.5 Å². The second-order valence-electron chi connectivity index (χ2n) is 6.61. The van der Waals surface area contributed by atoms with Crippen molar-refractivity contribution in [3.05, 3.63) is 98.5 Å². The lowest BCUT2D eigenvalue weighted by atomic mass is 10.0. The average molecular weight is 429 g/mol. The molecule has 0 unspecified atom stereocenters. The number of hydrogen-bond donors (Lipinski definition) is 0. The second kappa shape index (κ2) is 7.90. The normalized spacial score (nSPS) is 14.1. The zero-order chi connectivity index (χ0) is 20.5. The molecule has 146 valence electrons. The Morgan fingerprint density at radius 1 is 1.07 bits per heavy atom. The van der Waals surface area contributed by atoms with Crippen LogP contribution in [0.5, 0.6) is 11.5 Å². The fourth-order valence-corrected chi connectivity index (χ4v) is 3.64. The highest BCUT2D eigenvalue weighted by Crippen LogP contribution is 2.38. The predicted molar refractivity (Wildman–Crippen MR) is 111 cm³/mol. The monoisotopic (exact) mass is 428 g/mol. The number of rotatable bonds is 4. The number of carbonyl (C=O) groups excluding carboxylic acids is 1. The molecule has 0 amide bonds. The zero-order valence-electron chi connectivity index (χ0n) is 15.3. The summed E-state index contributed by atoms with van der Waals surface area (Å²) >= 11 is 12.4. The molecule has 0 spiro atoms. The van der Waals surface area contributed by atoms with E-state index in [0.29, 0.717) is 38.2 Å². The first-order valence-corrected chi connectivity index (χ1v) is 9.58. The fourth-order valence-electron chi connectivity index (χ4n) is 3.13. The highest BCUT2D eigenvalue weighted by molar-refractivity contribution is 6.37. The van der Waals surface area contributed by atoms with E-state index in [9.17, 15) is 9.18 Å². The lowest BCUT2D eigenvalue weighted by Crippen LogP contribution is -2.00. The lowest BCUT2D eigenvalue weighted by Gasteiger charge is -2.09. The molecule has 29 heavy (non-hydrogen) atoms. The molecule has 0 bridgehead atoms. The molecule has 3 nitrogen and oxygen atoms in total. The maximum Gasteiger partial charge on any atom is 0.232 e.